The fourth-order valence-electron chi connectivity index (χ4n) is 3.01. The van der Waals surface area contributed by atoms with Crippen molar-refractivity contribution in [2.75, 3.05) is 23.7 Å². The maximum absolute atomic E-state index is 12.9. The summed E-state index contributed by atoms with van der Waals surface area (Å²) in [6.07, 6.45) is 3.39. The van der Waals surface area contributed by atoms with E-state index in [0.29, 0.717) is 18.7 Å². The van der Waals surface area contributed by atoms with Crippen LogP contribution in [-0.4, -0.2) is 33.7 Å². The number of sulfonamides is 1. The van der Waals surface area contributed by atoms with Crippen molar-refractivity contribution < 1.29 is 17.6 Å². The van der Waals surface area contributed by atoms with Crippen LogP contribution in [-0.2, 0) is 21.2 Å². The summed E-state index contributed by atoms with van der Waals surface area (Å²) in [5, 5.41) is 2.85. The summed E-state index contributed by atoms with van der Waals surface area (Å²) < 4.78 is 38.6. The Morgan fingerprint density at radius 3 is 2.34 bits per heavy atom. The molecule has 29 heavy (non-hydrogen) atoms. The Kier molecular flexibility index (Phi) is 8.20. The first-order valence-electron chi connectivity index (χ1n) is 9.73. The SMILES string of the molecule is Cc1ccc(N(CCCC(=O)NCCCc2ccc(F)cc2)S(C)(=O)=O)cc1C. The van der Waals surface area contributed by atoms with Gasteiger partial charge < -0.3 is 5.32 Å². The molecule has 0 saturated heterocycles. The lowest BCUT2D eigenvalue weighted by Crippen LogP contribution is -2.32. The molecule has 0 heterocycles. The second-order valence-corrected chi connectivity index (χ2v) is 9.19. The summed E-state index contributed by atoms with van der Waals surface area (Å²) >= 11 is 0. The van der Waals surface area contributed by atoms with Gasteiger partial charge in [-0.2, -0.15) is 0 Å². The lowest BCUT2D eigenvalue weighted by molar-refractivity contribution is -0.121. The van der Waals surface area contributed by atoms with E-state index in [4.69, 9.17) is 0 Å². The number of amides is 1. The summed E-state index contributed by atoms with van der Waals surface area (Å²) in [5.41, 5.74) is 3.77. The Morgan fingerprint density at radius 2 is 1.72 bits per heavy atom. The first kappa shape index (κ1) is 22.9. The molecule has 2 rings (SSSR count). The molecule has 5 nitrogen and oxygen atoms in total. The van der Waals surface area contributed by atoms with E-state index in [9.17, 15) is 17.6 Å². The largest absolute Gasteiger partial charge is 0.356 e. The summed E-state index contributed by atoms with van der Waals surface area (Å²) in [7, 11) is -3.43. The molecule has 0 spiro atoms. The summed E-state index contributed by atoms with van der Waals surface area (Å²) in [5.74, 6) is -0.358. The van der Waals surface area contributed by atoms with Crippen LogP contribution in [0.15, 0.2) is 42.5 Å². The molecule has 0 saturated carbocycles. The van der Waals surface area contributed by atoms with Crippen molar-refractivity contribution in [1.29, 1.82) is 0 Å². The van der Waals surface area contributed by atoms with Gasteiger partial charge in [-0.3, -0.25) is 9.10 Å². The molecule has 2 aromatic carbocycles. The lowest BCUT2D eigenvalue weighted by Gasteiger charge is -2.23. The van der Waals surface area contributed by atoms with Crippen LogP contribution in [0.25, 0.3) is 0 Å². The van der Waals surface area contributed by atoms with E-state index in [1.807, 2.05) is 26.0 Å². The van der Waals surface area contributed by atoms with Crippen molar-refractivity contribution in [2.24, 2.45) is 0 Å². The minimum absolute atomic E-state index is 0.0994. The van der Waals surface area contributed by atoms with Crippen LogP contribution in [0.2, 0.25) is 0 Å². The minimum atomic E-state index is -3.43. The average molecular weight is 421 g/mol. The predicted molar refractivity (Wildman–Crippen MR) is 115 cm³/mol. The van der Waals surface area contributed by atoms with Gasteiger partial charge in [0.05, 0.1) is 11.9 Å². The molecule has 0 aliphatic heterocycles. The lowest BCUT2D eigenvalue weighted by atomic mass is 10.1. The zero-order valence-corrected chi connectivity index (χ0v) is 18.1. The summed E-state index contributed by atoms with van der Waals surface area (Å²) in [6, 6.07) is 11.9. The third kappa shape index (κ3) is 7.49. The van der Waals surface area contributed by atoms with Gasteiger partial charge in [-0.15, -0.1) is 0 Å². The van der Waals surface area contributed by atoms with Gasteiger partial charge in [0.2, 0.25) is 15.9 Å². The van der Waals surface area contributed by atoms with Crippen LogP contribution in [0.5, 0.6) is 0 Å². The number of nitrogens with one attached hydrogen (secondary N) is 1. The molecule has 0 aliphatic rings. The molecule has 7 heteroatoms. The molecular weight excluding hydrogens is 391 g/mol. The van der Waals surface area contributed by atoms with E-state index in [2.05, 4.69) is 5.32 Å². The van der Waals surface area contributed by atoms with Crippen LogP contribution in [0.4, 0.5) is 10.1 Å². The number of carbonyl (C=O) groups excluding carboxylic acids is 1. The molecule has 1 amide bonds. The first-order chi connectivity index (χ1) is 13.7. The van der Waals surface area contributed by atoms with E-state index in [1.165, 1.54) is 22.7 Å². The van der Waals surface area contributed by atoms with Crippen molar-refractivity contribution in [3.8, 4) is 0 Å². The second-order valence-electron chi connectivity index (χ2n) is 7.29. The summed E-state index contributed by atoms with van der Waals surface area (Å²) in [6.45, 7) is 4.70. The second kappa shape index (κ2) is 10.4. The van der Waals surface area contributed by atoms with Crippen LogP contribution >= 0.6 is 0 Å². The van der Waals surface area contributed by atoms with E-state index in [1.54, 1.807) is 18.2 Å². The molecule has 0 atom stereocenters. The van der Waals surface area contributed by atoms with Gasteiger partial charge in [0.1, 0.15) is 5.82 Å². The number of benzene rings is 2. The normalized spacial score (nSPS) is 11.3. The Hall–Kier alpha value is -2.41. The zero-order chi connectivity index (χ0) is 21.4. The van der Waals surface area contributed by atoms with E-state index in [-0.39, 0.29) is 24.7 Å². The van der Waals surface area contributed by atoms with E-state index >= 15 is 0 Å². The Morgan fingerprint density at radius 1 is 1.03 bits per heavy atom. The number of hydrogen-bond donors (Lipinski definition) is 1. The number of rotatable bonds is 10. The monoisotopic (exact) mass is 420 g/mol. The minimum Gasteiger partial charge on any atom is -0.356 e. The molecule has 0 bridgehead atoms. The highest BCUT2D eigenvalue weighted by molar-refractivity contribution is 7.92. The first-order valence-corrected chi connectivity index (χ1v) is 11.6. The quantitative estimate of drug-likeness (QED) is 0.596. The van der Waals surface area contributed by atoms with E-state index in [0.717, 1.165) is 29.5 Å². The van der Waals surface area contributed by atoms with Crippen molar-refractivity contribution in [3.63, 3.8) is 0 Å². The average Bonchev–Trinajstić information content (AvgIpc) is 2.65. The third-order valence-corrected chi connectivity index (χ3v) is 6.02. The van der Waals surface area contributed by atoms with Gasteiger partial charge in [0, 0.05) is 19.5 Å². The van der Waals surface area contributed by atoms with Crippen LogP contribution in [0.3, 0.4) is 0 Å². The molecule has 0 aromatic heterocycles. The van der Waals surface area contributed by atoms with Crippen molar-refractivity contribution in [3.05, 3.63) is 65.0 Å². The maximum atomic E-state index is 12.9. The van der Waals surface area contributed by atoms with E-state index < -0.39 is 10.0 Å². The Labute approximate surface area is 173 Å². The molecular formula is C22H29FN2O3S. The highest BCUT2D eigenvalue weighted by Gasteiger charge is 2.18. The highest BCUT2D eigenvalue weighted by atomic mass is 32.2. The van der Waals surface area contributed by atoms with Gasteiger partial charge in [-0.05, 0) is 74.1 Å². The van der Waals surface area contributed by atoms with Crippen LogP contribution in [0, 0.1) is 19.7 Å². The zero-order valence-electron chi connectivity index (χ0n) is 17.2. The van der Waals surface area contributed by atoms with Gasteiger partial charge in [0.25, 0.3) is 0 Å². The van der Waals surface area contributed by atoms with Crippen LogP contribution < -0.4 is 9.62 Å². The molecule has 0 aliphatic carbocycles. The van der Waals surface area contributed by atoms with Gasteiger partial charge in [-0.1, -0.05) is 18.2 Å². The van der Waals surface area contributed by atoms with Gasteiger partial charge >= 0.3 is 0 Å². The molecule has 0 radical (unpaired) electrons. The predicted octanol–water partition coefficient (Wildman–Crippen LogP) is 3.74. The fraction of sp³-hybridized carbons (Fsp3) is 0.409. The maximum Gasteiger partial charge on any atom is 0.232 e. The van der Waals surface area contributed by atoms with Crippen molar-refractivity contribution in [2.45, 2.75) is 39.5 Å². The number of aryl methyl sites for hydroxylation is 3. The number of anilines is 1. The topological polar surface area (TPSA) is 66.5 Å². The van der Waals surface area contributed by atoms with Crippen LogP contribution in [0.1, 0.15) is 36.0 Å². The molecule has 1 N–H and O–H groups in total. The standard InChI is InChI=1S/C22H29FN2O3S/c1-17-8-13-21(16-18(17)2)25(29(3,27)28)15-5-7-22(26)24-14-4-6-19-9-11-20(23)12-10-19/h8-13,16H,4-7,14-15H2,1-3H3,(H,24,26). The number of hydrogen-bond acceptors (Lipinski definition) is 3. The van der Waals surface area contributed by atoms with Crippen molar-refractivity contribution in [1.82, 2.24) is 5.32 Å². The number of halogens is 1. The molecule has 0 unspecified atom stereocenters. The Balaban J connectivity index is 1.77. The van der Waals surface area contributed by atoms with Gasteiger partial charge in [-0.25, -0.2) is 12.8 Å². The number of nitrogens with zero attached hydrogens (tertiary/aromatic N) is 1. The third-order valence-electron chi connectivity index (χ3n) is 4.82. The van der Waals surface area contributed by atoms with Gasteiger partial charge in [0.15, 0.2) is 0 Å². The fourth-order valence-corrected chi connectivity index (χ4v) is 3.97. The molecule has 0 fully saturated rings. The Bertz CT molecular complexity index is 928. The smallest absolute Gasteiger partial charge is 0.232 e. The highest BCUT2D eigenvalue weighted by Crippen LogP contribution is 2.21. The summed E-state index contributed by atoms with van der Waals surface area (Å²) in [4.78, 5) is 12.0. The number of carbonyl (C=O) groups is 1. The van der Waals surface area contributed by atoms with Crippen molar-refractivity contribution >= 4 is 21.6 Å². The molecule has 2 aromatic rings. The molecule has 158 valence electrons.